The minimum atomic E-state index is -0.174. The molecule has 1 fully saturated rings. The van der Waals surface area contributed by atoms with Crippen LogP contribution in [0, 0.1) is 6.92 Å². The van der Waals surface area contributed by atoms with Crippen LogP contribution in [0.5, 0.6) is 0 Å². The van der Waals surface area contributed by atoms with E-state index in [4.69, 9.17) is 0 Å². The topological polar surface area (TPSA) is 75.2 Å². The number of nitrogens with one attached hydrogen (secondary N) is 1. The van der Waals surface area contributed by atoms with Gasteiger partial charge in [0.15, 0.2) is 0 Å². The zero-order valence-corrected chi connectivity index (χ0v) is 13.2. The Morgan fingerprint density at radius 1 is 1.36 bits per heavy atom. The summed E-state index contributed by atoms with van der Waals surface area (Å²) < 4.78 is 0. The maximum Gasteiger partial charge on any atom is 0.227 e. The van der Waals surface area contributed by atoms with E-state index in [1.54, 1.807) is 4.90 Å². The van der Waals surface area contributed by atoms with Crippen LogP contribution in [0.1, 0.15) is 29.8 Å². The van der Waals surface area contributed by atoms with E-state index in [2.05, 4.69) is 15.5 Å². The molecule has 0 aliphatic carbocycles. The summed E-state index contributed by atoms with van der Waals surface area (Å²) in [4.78, 5) is 25.1. The van der Waals surface area contributed by atoms with Crippen molar-refractivity contribution in [2.75, 3.05) is 16.8 Å². The van der Waals surface area contributed by atoms with E-state index >= 15 is 0 Å². The number of para-hydroxylation sites is 1. The third-order valence-electron chi connectivity index (χ3n) is 3.60. The van der Waals surface area contributed by atoms with Gasteiger partial charge in [-0.2, -0.15) is 0 Å². The number of hydrogen-bond donors (Lipinski definition) is 1. The number of carbonyl (C=O) groups is 2. The molecule has 0 bridgehead atoms. The number of aryl methyl sites for hydroxylation is 1. The van der Waals surface area contributed by atoms with Crippen LogP contribution >= 0.6 is 11.3 Å². The summed E-state index contributed by atoms with van der Waals surface area (Å²) in [6.07, 6.45) is 0.420. The molecule has 0 radical (unpaired) electrons. The first-order valence-electron chi connectivity index (χ1n) is 7.01. The van der Waals surface area contributed by atoms with Crippen molar-refractivity contribution in [1.29, 1.82) is 0 Å². The predicted octanol–water partition coefficient (Wildman–Crippen LogP) is 2.33. The lowest BCUT2D eigenvalue weighted by molar-refractivity contribution is -0.117. The van der Waals surface area contributed by atoms with Gasteiger partial charge in [0, 0.05) is 31.5 Å². The van der Waals surface area contributed by atoms with E-state index in [1.165, 1.54) is 18.3 Å². The van der Waals surface area contributed by atoms with Crippen LogP contribution in [-0.2, 0) is 9.59 Å². The van der Waals surface area contributed by atoms with Crippen molar-refractivity contribution >= 4 is 34.0 Å². The van der Waals surface area contributed by atoms with E-state index in [0.717, 1.165) is 16.3 Å². The molecule has 22 heavy (non-hydrogen) atoms. The Kier molecular flexibility index (Phi) is 3.89. The number of aromatic nitrogens is 2. The normalized spacial score (nSPS) is 17.8. The van der Waals surface area contributed by atoms with Gasteiger partial charge >= 0.3 is 0 Å². The first kappa shape index (κ1) is 14.6. The summed E-state index contributed by atoms with van der Waals surface area (Å²) in [5.41, 5.74) is 2.02. The summed E-state index contributed by atoms with van der Waals surface area (Å²) in [5, 5.41) is 11.9. The Balaban J connectivity index is 1.78. The highest BCUT2D eigenvalue weighted by atomic mass is 32.1. The van der Waals surface area contributed by atoms with Gasteiger partial charge in [0.05, 0.1) is 0 Å². The molecular formula is C15H16N4O2S. The average molecular weight is 316 g/mol. The number of amides is 2. The third kappa shape index (κ3) is 2.85. The first-order valence-corrected chi connectivity index (χ1v) is 7.83. The molecule has 1 aromatic carbocycles. The summed E-state index contributed by atoms with van der Waals surface area (Å²) in [5.74, 6) is -0.0607. The molecule has 2 amide bonds. The van der Waals surface area contributed by atoms with Gasteiger partial charge in [-0.05, 0) is 18.6 Å². The molecule has 0 saturated carbocycles. The third-order valence-corrected chi connectivity index (χ3v) is 4.61. The fraction of sp³-hybridized carbons (Fsp3) is 0.333. The van der Waals surface area contributed by atoms with Crippen LogP contribution in [0.25, 0.3) is 0 Å². The summed E-state index contributed by atoms with van der Waals surface area (Å²) in [7, 11) is 0. The molecule has 7 heteroatoms. The molecule has 114 valence electrons. The molecule has 1 aromatic heterocycles. The lowest BCUT2D eigenvalue weighted by atomic mass is 10.1. The van der Waals surface area contributed by atoms with Gasteiger partial charge in [-0.1, -0.05) is 29.5 Å². The maximum absolute atomic E-state index is 12.3. The van der Waals surface area contributed by atoms with Crippen LogP contribution in [0.15, 0.2) is 24.3 Å². The van der Waals surface area contributed by atoms with Gasteiger partial charge in [0.2, 0.25) is 16.9 Å². The number of rotatable bonds is 3. The zero-order chi connectivity index (χ0) is 15.7. The van der Waals surface area contributed by atoms with E-state index in [1.807, 2.05) is 31.2 Å². The van der Waals surface area contributed by atoms with E-state index in [9.17, 15) is 9.59 Å². The summed E-state index contributed by atoms with van der Waals surface area (Å²) in [6, 6.07) is 7.85. The Labute approximate surface area is 132 Å². The SMILES string of the molecule is CC(=O)Nc1nnc([C@@H]2CC(=O)N(c3ccccc3C)C2)s1. The average Bonchev–Trinajstić information content (AvgIpc) is 3.06. The molecule has 3 rings (SSSR count). The molecule has 0 spiro atoms. The van der Waals surface area contributed by atoms with Crippen LogP contribution in [0.3, 0.4) is 0 Å². The second-order valence-corrected chi connectivity index (χ2v) is 6.33. The van der Waals surface area contributed by atoms with Crippen LogP contribution in [-0.4, -0.2) is 28.6 Å². The van der Waals surface area contributed by atoms with Crippen molar-refractivity contribution in [3.05, 3.63) is 34.8 Å². The van der Waals surface area contributed by atoms with Crippen molar-refractivity contribution in [1.82, 2.24) is 10.2 Å². The molecule has 1 aliphatic rings. The molecule has 1 N–H and O–H groups in total. The number of carbonyl (C=O) groups excluding carboxylic acids is 2. The van der Waals surface area contributed by atoms with Crippen molar-refractivity contribution < 1.29 is 9.59 Å². The highest BCUT2D eigenvalue weighted by Crippen LogP contribution is 2.35. The van der Waals surface area contributed by atoms with Gasteiger partial charge in [-0.25, -0.2) is 0 Å². The van der Waals surface area contributed by atoms with Crippen LogP contribution < -0.4 is 10.2 Å². The lowest BCUT2D eigenvalue weighted by Gasteiger charge is -2.18. The van der Waals surface area contributed by atoms with Crippen molar-refractivity contribution in [3.63, 3.8) is 0 Å². The molecule has 1 saturated heterocycles. The smallest absolute Gasteiger partial charge is 0.227 e. The molecule has 6 nitrogen and oxygen atoms in total. The van der Waals surface area contributed by atoms with Gasteiger partial charge < -0.3 is 10.2 Å². The second kappa shape index (κ2) is 5.84. The van der Waals surface area contributed by atoms with Crippen molar-refractivity contribution in [2.45, 2.75) is 26.2 Å². The highest BCUT2D eigenvalue weighted by Gasteiger charge is 2.34. The zero-order valence-electron chi connectivity index (χ0n) is 12.4. The molecular weight excluding hydrogens is 300 g/mol. The Bertz CT molecular complexity index is 728. The molecule has 1 atom stereocenters. The minimum Gasteiger partial charge on any atom is -0.311 e. The van der Waals surface area contributed by atoms with E-state index in [-0.39, 0.29) is 17.7 Å². The van der Waals surface area contributed by atoms with Crippen LogP contribution in [0.2, 0.25) is 0 Å². The van der Waals surface area contributed by atoms with E-state index < -0.39 is 0 Å². The van der Waals surface area contributed by atoms with Crippen molar-refractivity contribution in [3.8, 4) is 0 Å². The van der Waals surface area contributed by atoms with Gasteiger partial charge in [0.25, 0.3) is 0 Å². The van der Waals surface area contributed by atoms with Gasteiger partial charge in [0.1, 0.15) is 5.01 Å². The van der Waals surface area contributed by atoms with Crippen molar-refractivity contribution in [2.24, 2.45) is 0 Å². The van der Waals surface area contributed by atoms with Crippen LogP contribution in [0.4, 0.5) is 10.8 Å². The summed E-state index contributed by atoms with van der Waals surface area (Å²) >= 11 is 1.33. The Hall–Kier alpha value is -2.28. The lowest BCUT2D eigenvalue weighted by Crippen LogP contribution is -2.25. The van der Waals surface area contributed by atoms with Gasteiger partial charge in [-0.15, -0.1) is 10.2 Å². The molecule has 1 aliphatic heterocycles. The number of anilines is 2. The largest absolute Gasteiger partial charge is 0.311 e. The Morgan fingerprint density at radius 2 is 2.14 bits per heavy atom. The minimum absolute atomic E-state index is 0.0205. The number of benzene rings is 1. The highest BCUT2D eigenvalue weighted by molar-refractivity contribution is 7.15. The quantitative estimate of drug-likeness (QED) is 0.943. The standard InChI is InChI=1S/C15H16N4O2S/c1-9-5-3-4-6-12(9)19-8-11(7-13(19)21)14-17-18-15(22-14)16-10(2)20/h3-6,11H,7-8H2,1-2H3,(H,16,18,20)/t11-/m1/s1. The fourth-order valence-corrected chi connectivity index (χ4v) is 3.45. The van der Waals surface area contributed by atoms with Gasteiger partial charge in [-0.3, -0.25) is 9.59 Å². The number of hydrogen-bond acceptors (Lipinski definition) is 5. The number of nitrogens with zero attached hydrogens (tertiary/aromatic N) is 3. The Morgan fingerprint density at radius 3 is 2.86 bits per heavy atom. The first-order chi connectivity index (χ1) is 10.5. The molecule has 2 heterocycles. The maximum atomic E-state index is 12.3. The fourth-order valence-electron chi connectivity index (χ4n) is 2.57. The molecule has 0 unspecified atom stereocenters. The molecule has 2 aromatic rings. The summed E-state index contributed by atoms with van der Waals surface area (Å²) in [6.45, 7) is 4.02. The van der Waals surface area contributed by atoms with E-state index in [0.29, 0.717) is 18.1 Å². The predicted molar refractivity (Wildman–Crippen MR) is 85.1 cm³/mol. The monoisotopic (exact) mass is 316 g/mol. The second-order valence-electron chi connectivity index (χ2n) is 5.32.